The topological polar surface area (TPSA) is 18.5 Å². The Balaban J connectivity index is 1.75. The summed E-state index contributed by atoms with van der Waals surface area (Å²) in [6.45, 7) is 1.61. The minimum absolute atomic E-state index is 0.215. The average Bonchev–Trinajstić information content (AvgIpc) is 2.94. The highest BCUT2D eigenvalue weighted by molar-refractivity contribution is 7.80. The number of hydrogen-bond donors (Lipinski definition) is 1. The van der Waals surface area contributed by atoms with Crippen LogP contribution in [-0.2, 0) is 0 Å². The average molecular weight is 279 g/mol. The van der Waals surface area contributed by atoms with Crippen molar-refractivity contribution in [2.45, 2.75) is 31.7 Å². The van der Waals surface area contributed by atoms with Gasteiger partial charge in [-0.15, -0.1) is 0 Å². The van der Waals surface area contributed by atoms with Crippen LogP contribution < -0.4 is 10.2 Å². The Bertz CT molecular complexity index is 456. The summed E-state index contributed by atoms with van der Waals surface area (Å²) in [5.74, 6) is -0.215. The quantitative estimate of drug-likeness (QED) is 0.839. The maximum atomic E-state index is 13.0. The molecule has 1 saturated carbocycles. The molecule has 1 aliphatic heterocycles. The number of thiocarbonyl (C=S) groups is 1. The highest BCUT2D eigenvalue weighted by atomic mass is 32.1. The van der Waals surface area contributed by atoms with Crippen molar-refractivity contribution in [1.82, 2.24) is 10.2 Å². The van der Waals surface area contributed by atoms with Crippen LogP contribution in [-0.4, -0.2) is 29.4 Å². The third-order valence-corrected chi connectivity index (χ3v) is 4.35. The smallest absolute Gasteiger partial charge is 0.175 e. The standard InChI is InChI=1S/C14H18FN3S/c15-11-5-7-13(8-6-11)18-10-17(9-16-14(18)19)12-3-1-2-4-12/h5-8,12H,1-4,9-10H2,(H,16,19). The van der Waals surface area contributed by atoms with E-state index in [1.165, 1.54) is 37.8 Å². The van der Waals surface area contributed by atoms with Crippen molar-refractivity contribution < 1.29 is 4.39 Å². The van der Waals surface area contributed by atoms with Gasteiger partial charge in [0.2, 0.25) is 0 Å². The molecule has 0 spiro atoms. The summed E-state index contributed by atoms with van der Waals surface area (Å²) in [4.78, 5) is 4.46. The Morgan fingerprint density at radius 2 is 1.84 bits per heavy atom. The Kier molecular flexibility index (Phi) is 3.66. The molecule has 0 amide bonds. The molecule has 1 aliphatic carbocycles. The zero-order chi connectivity index (χ0) is 13.2. The Morgan fingerprint density at radius 1 is 1.16 bits per heavy atom. The second-order valence-corrected chi connectivity index (χ2v) is 5.60. The van der Waals surface area contributed by atoms with Crippen LogP contribution >= 0.6 is 12.2 Å². The van der Waals surface area contributed by atoms with Crippen molar-refractivity contribution in [2.75, 3.05) is 18.2 Å². The molecule has 1 aromatic rings. The molecule has 102 valence electrons. The third kappa shape index (κ3) is 2.72. The van der Waals surface area contributed by atoms with E-state index < -0.39 is 0 Å². The molecular formula is C14H18FN3S. The zero-order valence-corrected chi connectivity index (χ0v) is 11.6. The van der Waals surface area contributed by atoms with Crippen molar-refractivity contribution in [3.8, 4) is 0 Å². The fraction of sp³-hybridized carbons (Fsp3) is 0.500. The second kappa shape index (κ2) is 5.43. The van der Waals surface area contributed by atoms with Gasteiger partial charge in [-0.3, -0.25) is 4.90 Å². The molecule has 2 aliphatic rings. The third-order valence-electron chi connectivity index (χ3n) is 3.98. The fourth-order valence-corrected chi connectivity index (χ4v) is 3.12. The van der Waals surface area contributed by atoms with Gasteiger partial charge in [-0.1, -0.05) is 12.8 Å². The van der Waals surface area contributed by atoms with E-state index in [0.29, 0.717) is 6.04 Å². The second-order valence-electron chi connectivity index (χ2n) is 5.21. The van der Waals surface area contributed by atoms with Crippen LogP contribution in [0.5, 0.6) is 0 Å². The van der Waals surface area contributed by atoms with Gasteiger partial charge in [0.1, 0.15) is 5.82 Å². The van der Waals surface area contributed by atoms with Crippen molar-refractivity contribution in [1.29, 1.82) is 0 Å². The van der Waals surface area contributed by atoms with Crippen molar-refractivity contribution in [3.63, 3.8) is 0 Å². The minimum atomic E-state index is -0.215. The van der Waals surface area contributed by atoms with Crippen molar-refractivity contribution >= 4 is 23.0 Å². The number of hydrogen-bond acceptors (Lipinski definition) is 2. The Morgan fingerprint density at radius 3 is 2.53 bits per heavy atom. The van der Waals surface area contributed by atoms with E-state index >= 15 is 0 Å². The van der Waals surface area contributed by atoms with E-state index in [2.05, 4.69) is 10.2 Å². The largest absolute Gasteiger partial charge is 0.349 e. The maximum Gasteiger partial charge on any atom is 0.175 e. The fourth-order valence-electron chi connectivity index (χ4n) is 2.89. The summed E-state index contributed by atoms with van der Waals surface area (Å²) in [7, 11) is 0. The highest BCUT2D eigenvalue weighted by Crippen LogP contribution is 2.26. The van der Waals surface area contributed by atoms with Gasteiger partial charge >= 0.3 is 0 Å². The van der Waals surface area contributed by atoms with Gasteiger partial charge in [0.25, 0.3) is 0 Å². The molecule has 1 heterocycles. The molecule has 0 radical (unpaired) electrons. The first-order valence-electron chi connectivity index (χ1n) is 6.79. The first-order chi connectivity index (χ1) is 9.24. The van der Waals surface area contributed by atoms with Gasteiger partial charge in [0.05, 0.1) is 13.3 Å². The number of halogens is 1. The molecule has 1 N–H and O–H groups in total. The van der Waals surface area contributed by atoms with Crippen LogP contribution in [0.25, 0.3) is 0 Å². The lowest BCUT2D eigenvalue weighted by Crippen LogP contribution is -2.58. The monoisotopic (exact) mass is 279 g/mol. The molecule has 1 saturated heterocycles. The molecule has 5 heteroatoms. The van der Waals surface area contributed by atoms with Crippen molar-refractivity contribution in [3.05, 3.63) is 30.1 Å². The van der Waals surface area contributed by atoms with Crippen LogP contribution in [0, 0.1) is 5.82 Å². The van der Waals surface area contributed by atoms with Crippen LogP contribution in [0.15, 0.2) is 24.3 Å². The van der Waals surface area contributed by atoms with Crippen LogP contribution in [0.1, 0.15) is 25.7 Å². The summed E-state index contributed by atoms with van der Waals surface area (Å²) in [5, 5.41) is 3.98. The number of nitrogens with zero attached hydrogens (tertiary/aromatic N) is 2. The first-order valence-corrected chi connectivity index (χ1v) is 7.20. The van der Waals surface area contributed by atoms with E-state index in [4.69, 9.17) is 12.2 Å². The van der Waals surface area contributed by atoms with Crippen LogP contribution in [0.2, 0.25) is 0 Å². The van der Waals surface area contributed by atoms with E-state index in [1.54, 1.807) is 12.1 Å². The summed E-state index contributed by atoms with van der Waals surface area (Å²) in [5.41, 5.74) is 0.946. The predicted molar refractivity (Wildman–Crippen MR) is 78.4 cm³/mol. The molecule has 0 aromatic heterocycles. The molecule has 0 unspecified atom stereocenters. The van der Waals surface area contributed by atoms with Gasteiger partial charge in [-0.05, 0) is 49.3 Å². The molecule has 2 fully saturated rings. The van der Waals surface area contributed by atoms with Crippen molar-refractivity contribution in [2.24, 2.45) is 0 Å². The summed E-state index contributed by atoms with van der Waals surface area (Å²) in [6, 6.07) is 7.17. The van der Waals surface area contributed by atoms with Gasteiger partial charge in [-0.2, -0.15) is 0 Å². The maximum absolute atomic E-state index is 13.0. The van der Waals surface area contributed by atoms with E-state index in [-0.39, 0.29) is 5.82 Å². The van der Waals surface area contributed by atoms with Gasteiger partial charge < -0.3 is 10.2 Å². The lowest BCUT2D eigenvalue weighted by atomic mass is 10.2. The van der Waals surface area contributed by atoms with Gasteiger partial charge in [0, 0.05) is 11.7 Å². The molecule has 0 atom stereocenters. The number of rotatable bonds is 2. The first kappa shape index (κ1) is 12.8. The molecule has 3 rings (SSSR count). The molecule has 0 bridgehead atoms. The van der Waals surface area contributed by atoms with Crippen LogP contribution in [0.4, 0.5) is 10.1 Å². The summed E-state index contributed by atoms with van der Waals surface area (Å²) >= 11 is 5.36. The summed E-state index contributed by atoms with van der Waals surface area (Å²) in [6.07, 6.45) is 5.18. The predicted octanol–water partition coefficient (Wildman–Crippen LogP) is 2.68. The normalized spacial score (nSPS) is 21.7. The molecule has 19 heavy (non-hydrogen) atoms. The number of anilines is 1. The molecule has 3 nitrogen and oxygen atoms in total. The SMILES string of the molecule is Fc1ccc(N2CN(C3CCCC3)CNC2=S)cc1. The van der Waals surface area contributed by atoms with E-state index in [1.807, 2.05) is 4.90 Å². The van der Waals surface area contributed by atoms with Crippen LogP contribution in [0.3, 0.4) is 0 Å². The Hall–Kier alpha value is -1.20. The lowest BCUT2D eigenvalue weighted by molar-refractivity contribution is 0.188. The highest BCUT2D eigenvalue weighted by Gasteiger charge is 2.28. The number of benzene rings is 1. The number of nitrogens with one attached hydrogen (secondary N) is 1. The molecular weight excluding hydrogens is 261 g/mol. The van der Waals surface area contributed by atoms with E-state index in [0.717, 1.165) is 24.1 Å². The summed E-state index contributed by atoms with van der Waals surface area (Å²) < 4.78 is 13.0. The molecule has 1 aromatic carbocycles. The van der Waals surface area contributed by atoms with Gasteiger partial charge in [-0.25, -0.2) is 4.39 Å². The Labute approximate surface area is 118 Å². The van der Waals surface area contributed by atoms with E-state index in [9.17, 15) is 4.39 Å². The van der Waals surface area contributed by atoms with Gasteiger partial charge in [0.15, 0.2) is 5.11 Å². The zero-order valence-electron chi connectivity index (χ0n) is 10.8. The lowest BCUT2D eigenvalue weighted by Gasteiger charge is -2.40. The minimum Gasteiger partial charge on any atom is -0.349 e.